The van der Waals surface area contributed by atoms with E-state index in [9.17, 15) is 21.6 Å². The van der Waals surface area contributed by atoms with Gasteiger partial charge in [0.2, 0.25) is 10.0 Å². The summed E-state index contributed by atoms with van der Waals surface area (Å²) in [5.41, 5.74) is 0.535. The molecule has 0 saturated heterocycles. The van der Waals surface area contributed by atoms with Gasteiger partial charge in [-0.2, -0.15) is 4.31 Å². The third-order valence-electron chi connectivity index (χ3n) is 3.08. The SMILES string of the molecule is CN(Cc1ccc(OC(F)(F)F)cc1)S(=O)(=O)c1ccc(Br)cc1. The maximum absolute atomic E-state index is 12.4. The van der Waals surface area contributed by atoms with Gasteiger partial charge in [0, 0.05) is 18.1 Å². The second-order valence-corrected chi connectivity index (χ2v) is 7.87. The van der Waals surface area contributed by atoms with E-state index in [2.05, 4.69) is 20.7 Å². The Bertz CT molecular complexity index is 790. The average Bonchev–Trinajstić information content (AvgIpc) is 2.48. The van der Waals surface area contributed by atoms with E-state index in [1.54, 1.807) is 12.1 Å². The van der Waals surface area contributed by atoms with Crippen LogP contribution in [0.5, 0.6) is 5.75 Å². The first-order valence-electron chi connectivity index (χ1n) is 6.64. The molecule has 0 radical (unpaired) electrons. The molecule has 0 heterocycles. The van der Waals surface area contributed by atoms with Crippen LogP contribution in [0.2, 0.25) is 0 Å². The highest BCUT2D eigenvalue weighted by atomic mass is 79.9. The van der Waals surface area contributed by atoms with E-state index in [0.717, 1.165) is 20.9 Å². The number of sulfonamides is 1. The molecule has 0 aliphatic heterocycles. The number of benzene rings is 2. The van der Waals surface area contributed by atoms with Crippen LogP contribution >= 0.6 is 15.9 Å². The second kappa shape index (κ2) is 7.12. The zero-order chi connectivity index (χ0) is 18.0. The summed E-state index contributed by atoms with van der Waals surface area (Å²) in [6, 6.07) is 11.2. The fraction of sp³-hybridized carbons (Fsp3) is 0.200. The molecule has 2 rings (SSSR count). The first-order valence-corrected chi connectivity index (χ1v) is 8.88. The third kappa shape index (κ3) is 4.96. The van der Waals surface area contributed by atoms with Gasteiger partial charge >= 0.3 is 6.36 Å². The molecule has 0 unspecified atom stereocenters. The number of nitrogens with zero attached hydrogens (tertiary/aromatic N) is 1. The molecule has 24 heavy (non-hydrogen) atoms. The van der Waals surface area contributed by atoms with Crippen molar-refractivity contribution in [1.29, 1.82) is 0 Å². The summed E-state index contributed by atoms with van der Waals surface area (Å²) < 4.78 is 66.9. The summed E-state index contributed by atoms with van der Waals surface area (Å²) in [4.78, 5) is 0.130. The Balaban J connectivity index is 2.11. The van der Waals surface area contributed by atoms with Gasteiger partial charge < -0.3 is 4.74 Å². The van der Waals surface area contributed by atoms with Crippen molar-refractivity contribution in [3.8, 4) is 5.75 Å². The molecule has 0 spiro atoms. The monoisotopic (exact) mass is 423 g/mol. The van der Waals surface area contributed by atoms with Gasteiger partial charge in [0.1, 0.15) is 5.75 Å². The number of hydrogen-bond acceptors (Lipinski definition) is 3. The molecule has 0 N–H and O–H groups in total. The number of rotatable bonds is 5. The lowest BCUT2D eigenvalue weighted by Gasteiger charge is -2.17. The standard InChI is InChI=1S/C15H13BrF3NO3S/c1-20(24(21,22)14-8-4-12(16)5-9-14)10-11-2-6-13(7-3-11)23-15(17,18)19/h2-9H,10H2,1H3. The van der Waals surface area contributed by atoms with Gasteiger partial charge in [-0.25, -0.2) is 8.42 Å². The van der Waals surface area contributed by atoms with Crippen molar-refractivity contribution in [1.82, 2.24) is 4.31 Å². The lowest BCUT2D eigenvalue weighted by molar-refractivity contribution is -0.274. The molecule has 9 heteroatoms. The summed E-state index contributed by atoms with van der Waals surface area (Å²) >= 11 is 3.23. The highest BCUT2D eigenvalue weighted by Crippen LogP contribution is 2.24. The fourth-order valence-electron chi connectivity index (χ4n) is 1.93. The Morgan fingerprint density at radius 1 is 1.04 bits per heavy atom. The van der Waals surface area contributed by atoms with Crippen LogP contribution in [0.4, 0.5) is 13.2 Å². The topological polar surface area (TPSA) is 46.6 Å². The Hall–Kier alpha value is -1.58. The summed E-state index contributed by atoms with van der Waals surface area (Å²) in [6.07, 6.45) is -4.76. The minimum absolute atomic E-state index is 0.0185. The smallest absolute Gasteiger partial charge is 0.406 e. The Morgan fingerprint density at radius 3 is 2.08 bits per heavy atom. The molecule has 0 saturated carbocycles. The highest BCUT2D eigenvalue weighted by Gasteiger charge is 2.31. The molecule has 130 valence electrons. The normalized spacial score (nSPS) is 12.4. The van der Waals surface area contributed by atoms with Crippen molar-refractivity contribution < 1.29 is 26.3 Å². The Kier molecular flexibility index (Phi) is 5.56. The van der Waals surface area contributed by atoms with Gasteiger partial charge in [-0.1, -0.05) is 28.1 Å². The van der Waals surface area contributed by atoms with Crippen LogP contribution in [-0.4, -0.2) is 26.1 Å². The molecule has 0 atom stereocenters. The van der Waals surface area contributed by atoms with Crippen LogP contribution in [0.1, 0.15) is 5.56 Å². The van der Waals surface area contributed by atoms with Gasteiger partial charge in [-0.3, -0.25) is 0 Å². The highest BCUT2D eigenvalue weighted by molar-refractivity contribution is 9.10. The summed E-state index contributed by atoms with van der Waals surface area (Å²) in [5, 5.41) is 0. The van der Waals surface area contributed by atoms with E-state index in [0.29, 0.717) is 5.56 Å². The van der Waals surface area contributed by atoms with Crippen LogP contribution in [0.3, 0.4) is 0 Å². The molecule has 2 aromatic carbocycles. The fourth-order valence-corrected chi connectivity index (χ4v) is 3.35. The minimum Gasteiger partial charge on any atom is -0.406 e. The van der Waals surface area contributed by atoms with Crippen molar-refractivity contribution in [2.75, 3.05) is 7.05 Å². The first-order chi connectivity index (χ1) is 11.1. The summed E-state index contributed by atoms with van der Waals surface area (Å²) in [7, 11) is -2.29. The van der Waals surface area contributed by atoms with Crippen LogP contribution in [0.15, 0.2) is 57.9 Å². The minimum atomic E-state index is -4.76. The average molecular weight is 424 g/mol. The van der Waals surface area contributed by atoms with Crippen molar-refractivity contribution in [3.05, 3.63) is 58.6 Å². The van der Waals surface area contributed by atoms with Crippen molar-refractivity contribution in [2.24, 2.45) is 0 Å². The number of hydrogen-bond donors (Lipinski definition) is 0. The van der Waals surface area contributed by atoms with Gasteiger partial charge in [0.25, 0.3) is 0 Å². The molecule has 0 bridgehead atoms. The van der Waals surface area contributed by atoms with Crippen LogP contribution in [0.25, 0.3) is 0 Å². The lowest BCUT2D eigenvalue weighted by atomic mass is 10.2. The number of ether oxygens (including phenoxy) is 1. The molecule has 0 aromatic heterocycles. The Labute approximate surface area is 146 Å². The zero-order valence-electron chi connectivity index (χ0n) is 12.4. The molecule has 0 amide bonds. The lowest BCUT2D eigenvalue weighted by Crippen LogP contribution is -2.26. The summed E-state index contributed by atoms with van der Waals surface area (Å²) in [5.74, 6) is -0.357. The predicted molar refractivity (Wildman–Crippen MR) is 85.9 cm³/mol. The van der Waals surface area contributed by atoms with E-state index in [-0.39, 0.29) is 17.2 Å². The van der Waals surface area contributed by atoms with Crippen molar-refractivity contribution in [3.63, 3.8) is 0 Å². The molecular weight excluding hydrogens is 411 g/mol. The van der Waals surface area contributed by atoms with E-state index in [1.165, 1.54) is 31.3 Å². The van der Waals surface area contributed by atoms with Crippen molar-refractivity contribution >= 4 is 26.0 Å². The van der Waals surface area contributed by atoms with Crippen LogP contribution in [-0.2, 0) is 16.6 Å². The Morgan fingerprint density at radius 2 is 1.58 bits per heavy atom. The molecule has 2 aromatic rings. The van der Waals surface area contributed by atoms with Crippen LogP contribution in [0, 0.1) is 0 Å². The predicted octanol–water partition coefficient (Wildman–Crippen LogP) is 4.17. The first kappa shape index (κ1) is 18.8. The molecule has 0 aliphatic carbocycles. The zero-order valence-corrected chi connectivity index (χ0v) is 14.8. The van der Waals surface area contributed by atoms with E-state index in [1.807, 2.05) is 0 Å². The van der Waals surface area contributed by atoms with Gasteiger partial charge in [0.15, 0.2) is 0 Å². The quantitative estimate of drug-likeness (QED) is 0.724. The second-order valence-electron chi connectivity index (χ2n) is 4.91. The van der Waals surface area contributed by atoms with Crippen LogP contribution < -0.4 is 4.74 Å². The molecule has 4 nitrogen and oxygen atoms in total. The van der Waals surface area contributed by atoms with Gasteiger partial charge in [-0.05, 0) is 42.0 Å². The molecule has 0 aliphatic rings. The molecule has 0 fully saturated rings. The number of alkyl halides is 3. The third-order valence-corrected chi connectivity index (χ3v) is 5.43. The van der Waals surface area contributed by atoms with E-state index in [4.69, 9.17) is 0 Å². The van der Waals surface area contributed by atoms with Gasteiger partial charge in [-0.15, -0.1) is 13.2 Å². The summed E-state index contributed by atoms with van der Waals surface area (Å²) in [6.45, 7) is 0.0185. The maximum Gasteiger partial charge on any atom is 0.573 e. The largest absolute Gasteiger partial charge is 0.573 e. The maximum atomic E-state index is 12.4. The van der Waals surface area contributed by atoms with Gasteiger partial charge in [0.05, 0.1) is 4.90 Å². The van der Waals surface area contributed by atoms with E-state index < -0.39 is 16.4 Å². The van der Waals surface area contributed by atoms with Crippen molar-refractivity contribution in [2.45, 2.75) is 17.8 Å². The van der Waals surface area contributed by atoms with E-state index >= 15 is 0 Å². The number of halogens is 4. The molecular formula is C15H13BrF3NO3S.